The van der Waals surface area contributed by atoms with Gasteiger partial charge in [0.15, 0.2) is 23.1 Å². The SMILES string of the molecule is CC(=O)C1C(=O)C(C(C)C)[C@@]2(C)[C@H](O)[C@]3(C)C(C(=O)c4c(ccc(CC(=O)CC(C)(C)C)c4O)[C@H]3C)C(=O)[C@@]2(CC(=O)CC(C)(C)C)C1=O. The van der Waals surface area contributed by atoms with Crippen LogP contribution < -0.4 is 0 Å². The molecule has 0 bridgehead atoms. The number of Topliss-reactive ketones (excluding diaryl/α,β-unsaturated/α-hetero) is 7. The van der Waals surface area contributed by atoms with Gasteiger partial charge >= 0.3 is 0 Å². The average molecular weight is 679 g/mol. The number of ketones is 7. The summed E-state index contributed by atoms with van der Waals surface area (Å²) in [7, 11) is 0. The number of hydrogen-bond acceptors (Lipinski definition) is 9. The lowest BCUT2D eigenvalue weighted by molar-refractivity contribution is -0.223. The van der Waals surface area contributed by atoms with E-state index in [2.05, 4.69) is 0 Å². The Morgan fingerprint density at radius 3 is 1.90 bits per heavy atom. The minimum atomic E-state index is -2.37. The van der Waals surface area contributed by atoms with Crippen LogP contribution in [-0.4, -0.2) is 56.8 Å². The third kappa shape index (κ3) is 5.68. The fraction of sp³-hybridized carbons (Fsp3) is 0.675. The zero-order valence-electron chi connectivity index (χ0n) is 31.2. The summed E-state index contributed by atoms with van der Waals surface area (Å²) in [4.78, 5) is 99.1. The van der Waals surface area contributed by atoms with Gasteiger partial charge in [0.25, 0.3) is 0 Å². The molecule has 0 spiro atoms. The molecule has 0 radical (unpaired) electrons. The topological polar surface area (TPSA) is 160 Å². The highest BCUT2D eigenvalue weighted by Gasteiger charge is 2.80. The molecule has 0 aliphatic heterocycles. The maximum absolute atomic E-state index is 15.5. The van der Waals surface area contributed by atoms with E-state index in [4.69, 9.17) is 0 Å². The first-order valence-corrected chi connectivity index (χ1v) is 17.4. The molecule has 3 aliphatic carbocycles. The molecule has 1 aromatic rings. The van der Waals surface area contributed by atoms with Crippen molar-refractivity contribution >= 4 is 40.5 Å². The molecule has 4 rings (SSSR count). The van der Waals surface area contributed by atoms with Gasteiger partial charge in [0.1, 0.15) is 34.4 Å². The highest BCUT2D eigenvalue weighted by atomic mass is 16.3. The molecule has 2 N–H and O–H groups in total. The minimum absolute atomic E-state index is 0.0334. The summed E-state index contributed by atoms with van der Waals surface area (Å²) in [6.07, 6.45) is -2.26. The number of fused-ring (bicyclic) bond motifs is 3. The molecule has 3 unspecified atom stereocenters. The Labute approximate surface area is 290 Å². The summed E-state index contributed by atoms with van der Waals surface area (Å²) >= 11 is 0. The van der Waals surface area contributed by atoms with Gasteiger partial charge in [0, 0.05) is 48.0 Å². The van der Waals surface area contributed by atoms with Gasteiger partial charge < -0.3 is 10.2 Å². The number of rotatable bonds is 8. The summed E-state index contributed by atoms with van der Waals surface area (Å²) in [6.45, 7) is 20.6. The first-order valence-electron chi connectivity index (χ1n) is 17.4. The van der Waals surface area contributed by atoms with Crippen LogP contribution in [0.3, 0.4) is 0 Å². The van der Waals surface area contributed by atoms with Crippen molar-refractivity contribution in [2.24, 2.45) is 50.7 Å². The molecule has 9 heteroatoms. The standard InChI is InChI=1S/C40H54O9/c1-19(2)28-31(45)26(21(4)41)33(47)40(18-24(43)17-37(8,9)10)34(48)29-32(46)27-25(20(3)38(29,11)35(49)39(28,40)12)14-13-22(30(27)44)15-23(42)16-36(5,6)7/h13-14,19-20,26,28-29,35,44,49H,15-18H2,1-12H3/t20-,26?,28?,29?,35-,38+,39+,40-/m1/s1. The largest absolute Gasteiger partial charge is 0.507 e. The lowest BCUT2D eigenvalue weighted by Gasteiger charge is -2.67. The Bertz CT molecular complexity index is 1650. The first-order chi connectivity index (χ1) is 22.2. The average Bonchev–Trinajstić information content (AvgIpc) is 2.91. The van der Waals surface area contributed by atoms with E-state index in [0.717, 1.165) is 6.92 Å². The predicted molar refractivity (Wildman–Crippen MR) is 183 cm³/mol. The van der Waals surface area contributed by atoms with Crippen molar-refractivity contribution in [2.75, 3.05) is 0 Å². The lowest BCUT2D eigenvalue weighted by atomic mass is 9.33. The summed E-state index contributed by atoms with van der Waals surface area (Å²) in [6, 6.07) is 3.22. The maximum atomic E-state index is 15.5. The highest BCUT2D eigenvalue weighted by molar-refractivity contribution is 6.32. The van der Waals surface area contributed by atoms with Gasteiger partial charge in [-0.25, -0.2) is 0 Å². The molecule has 0 heterocycles. The number of hydrogen-bond donors (Lipinski definition) is 2. The number of phenolic OH excluding ortho intramolecular Hbond substituents is 1. The van der Waals surface area contributed by atoms with Gasteiger partial charge in [-0.2, -0.15) is 0 Å². The van der Waals surface area contributed by atoms with Gasteiger partial charge in [0.2, 0.25) is 0 Å². The van der Waals surface area contributed by atoms with Crippen molar-refractivity contribution in [3.63, 3.8) is 0 Å². The second kappa shape index (κ2) is 12.2. The molecule has 2 fully saturated rings. The normalized spacial score (nSPS) is 33.2. The number of carbonyl (C=O) groups is 7. The van der Waals surface area contributed by atoms with Crippen LogP contribution in [-0.2, 0) is 35.2 Å². The van der Waals surface area contributed by atoms with Gasteiger partial charge in [-0.1, -0.05) is 88.3 Å². The van der Waals surface area contributed by atoms with E-state index in [-0.39, 0.29) is 41.6 Å². The molecule has 268 valence electrons. The van der Waals surface area contributed by atoms with E-state index in [1.54, 1.807) is 39.8 Å². The smallest absolute Gasteiger partial charge is 0.178 e. The Morgan fingerprint density at radius 1 is 0.878 bits per heavy atom. The molecule has 8 atom stereocenters. The minimum Gasteiger partial charge on any atom is -0.507 e. The van der Waals surface area contributed by atoms with Crippen LogP contribution in [0.4, 0.5) is 0 Å². The maximum Gasteiger partial charge on any atom is 0.178 e. The molecule has 49 heavy (non-hydrogen) atoms. The van der Waals surface area contributed by atoms with E-state index in [0.29, 0.717) is 5.56 Å². The van der Waals surface area contributed by atoms with E-state index >= 15 is 4.79 Å². The van der Waals surface area contributed by atoms with Crippen molar-refractivity contribution in [1.29, 1.82) is 0 Å². The molecule has 1 aromatic carbocycles. The van der Waals surface area contributed by atoms with Gasteiger partial charge in [-0.05, 0) is 35.2 Å². The Morgan fingerprint density at radius 2 is 1.41 bits per heavy atom. The fourth-order valence-electron chi connectivity index (χ4n) is 9.87. The third-order valence-electron chi connectivity index (χ3n) is 11.9. The molecule has 9 nitrogen and oxygen atoms in total. The number of aliphatic hydroxyl groups is 1. The molecule has 2 saturated carbocycles. The van der Waals surface area contributed by atoms with E-state index in [1.807, 2.05) is 41.5 Å². The molecular formula is C40H54O9. The van der Waals surface area contributed by atoms with Crippen LogP contribution in [0, 0.1) is 50.7 Å². The van der Waals surface area contributed by atoms with Gasteiger partial charge in [0.05, 0.1) is 17.6 Å². The van der Waals surface area contributed by atoms with Crippen LogP contribution in [0.2, 0.25) is 0 Å². The first kappa shape index (κ1) is 38.5. The van der Waals surface area contributed by atoms with Crippen LogP contribution in [0.5, 0.6) is 5.75 Å². The van der Waals surface area contributed by atoms with E-state index in [9.17, 15) is 39.0 Å². The fourth-order valence-corrected chi connectivity index (χ4v) is 9.87. The number of aliphatic hydroxyl groups excluding tert-OH is 1. The van der Waals surface area contributed by atoms with Crippen molar-refractivity contribution in [3.05, 3.63) is 28.8 Å². The Balaban J connectivity index is 2.04. The summed E-state index contributed by atoms with van der Waals surface area (Å²) in [5, 5.41) is 24.4. The molecule has 0 aromatic heterocycles. The van der Waals surface area contributed by atoms with Crippen molar-refractivity contribution in [2.45, 2.75) is 121 Å². The number of benzene rings is 1. The number of aromatic hydroxyl groups is 1. The Hall–Kier alpha value is -3.33. The highest BCUT2D eigenvalue weighted by Crippen LogP contribution is 2.70. The predicted octanol–water partition coefficient (Wildman–Crippen LogP) is 5.82. The zero-order valence-corrected chi connectivity index (χ0v) is 31.2. The van der Waals surface area contributed by atoms with Gasteiger partial charge in [-0.15, -0.1) is 0 Å². The second-order valence-corrected chi connectivity index (χ2v) is 18.3. The summed E-state index contributed by atoms with van der Waals surface area (Å²) < 4.78 is 0. The van der Waals surface area contributed by atoms with E-state index < -0.39 is 104 Å². The van der Waals surface area contributed by atoms with Crippen LogP contribution >= 0.6 is 0 Å². The third-order valence-corrected chi connectivity index (χ3v) is 11.9. The van der Waals surface area contributed by atoms with Crippen LogP contribution in [0.25, 0.3) is 0 Å². The van der Waals surface area contributed by atoms with Gasteiger partial charge in [-0.3, -0.25) is 33.6 Å². The molecule has 3 aliphatic rings. The molecular weight excluding hydrogens is 624 g/mol. The van der Waals surface area contributed by atoms with Crippen molar-refractivity contribution in [3.8, 4) is 5.75 Å². The Kier molecular flexibility index (Phi) is 9.55. The monoisotopic (exact) mass is 678 g/mol. The van der Waals surface area contributed by atoms with Crippen molar-refractivity contribution in [1.82, 2.24) is 0 Å². The lowest BCUT2D eigenvalue weighted by Crippen LogP contribution is -2.78. The van der Waals surface area contributed by atoms with Crippen molar-refractivity contribution < 1.29 is 43.8 Å². The zero-order chi connectivity index (χ0) is 37.6. The molecule has 0 amide bonds. The second-order valence-electron chi connectivity index (χ2n) is 18.3. The summed E-state index contributed by atoms with van der Waals surface area (Å²) in [5.74, 6) is -11.3. The summed E-state index contributed by atoms with van der Waals surface area (Å²) in [5.41, 5.74) is -6.21. The quantitative estimate of drug-likeness (QED) is 0.323. The molecule has 0 saturated heterocycles. The number of phenols is 1. The van der Waals surface area contributed by atoms with Crippen LogP contribution in [0.1, 0.15) is 130 Å². The van der Waals surface area contributed by atoms with Crippen LogP contribution in [0.15, 0.2) is 12.1 Å². The van der Waals surface area contributed by atoms with E-state index in [1.165, 1.54) is 6.92 Å². The number of carbonyl (C=O) groups excluding carboxylic acids is 7.